The Balaban J connectivity index is 1.84. The van der Waals surface area contributed by atoms with Gasteiger partial charge in [-0.1, -0.05) is 19.8 Å². The standard InChI is InChI=1S/C14H27NO2S/c1-11-4-3-5-13(8-11)18(16)10-14(15-2)12-6-7-17-9-12/h11-15H,3-10H2,1-2H3. The van der Waals surface area contributed by atoms with Crippen LogP contribution in [0.4, 0.5) is 0 Å². The lowest BCUT2D eigenvalue weighted by Crippen LogP contribution is -2.41. The summed E-state index contributed by atoms with van der Waals surface area (Å²) < 4.78 is 17.9. The van der Waals surface area contributed by atoms with Crippen molar-refractivity contribution >= 4 is 10.8 Å². The molecule has 0 spiro atoms. The maximum Gasteiger partial charge on any atom is 0.0510 e. The van der Waals surface area contributed by atoms with Crippen molar-refractivity contribution in [1.29, 1.82) is 0 Å². The number of ether oxygens (including phenoxy) is 1. The molecule has 4 heteroatoms. The quantitative estimate of drug-likeness (QED) is 0.832. The van der Waals surface area contributed by atoms with Crippen LogP contribution in [-0.2, 0) is 15.5 Å². The summed E-state index contributed by atoms with van der Waals surface area (Å²) in [6, 6.07) is 0.366. The van der Waals surface area contributed by atoms with Crippen molar-refractivity contribution in [3.8, 4) is 0 Å². The Labute approximate surface area is 114 Å². The SMILES string of the molecule is CNC(CS(=O)C1CCCC(C)C1)C1CCOC1. The lowest BCUT2D eigenvalue weighted by molar-refractivity contribution is 0.179. The molecule has 18 heavy (non-hydrogen) atoms. The molecule has 1 saturated heterocycles. The molecule has 1 heterocycles. The van der Waals surface area contributed by atoms with Crippen LogP contribution in [0.2, 0.25) is 0 Å². The van der Waals surface area contributed by atoms with Gasteiger partial charge >= 0.3 is 0 Å². The highest BCUT2D eigenvalue weighted by molar-refractivity contribution is 7.85. The zero-order chi connectivity index (χ0) is 13.0. The molecule has 1 aliphatic heterocycles. The van der Waals surface area contributed by atoms with Gasteiger partial charge in [0.15, 0.2) is 0 Å². The molecule has 1 N–H and O–H groups in total. The Kier molecular flexibility index (Phi) is 5.64. The van der Waals surface area contributed by atoms with Crippen molar-refractivity contribution in [3.63, 3.8) is 0 Å². The molecule has 0 aromatic rings. The first-order valence-electron chi connectivity index (χ1n) is 7.33. The molecule has 0 radical (unpaired) electrons. The Morgan fingerprint density at radius 3 is 2.83 bits per heavy atom. The van der Waals surface area contributed by atoms with Gasteiger partial charge in [-0.15, -0.1) is 0 Å². The molecule has 0 bridgehead atoms. The van der Waals surface area contributed by atoms with E-state index >= 15 is 0 Å². The predicted molar refractivity (Wildman–Crippen MR) is 76.2 cm³/mol. The average molecular weight is 273 g/mol. The topological polar surface area (TPSA) is 38.3 Å². The van der Waals surface area contributed by atoms with Gasteiger partial charge in [-0.3, -0.25) is 4.21 Å². The minimum Gasteiger partial charge on any atom is -0.381 e. The van der Waals surface area contributed by atoms with E-state index in [1.54, 1.807) is 0 Å². The second kappa shape index (κ2) is 7.01. The Morgan fingerprint density at radius 1 is 1.39 bits per heavy atom. The molecule has 2 aliphatic rings. The normalized spacial score (nSPS) is 36.4. The minimum absolute atomic E-state index is 0.366. The van der Waals surface area contributed by atoms with Gasteiger partial charge in [0.05, 0.1) is 6.61 Å². The van der Waals surface area contributed by atoms with Crippen molar-refractivity contribution in [2.45, 2.75) is 50.3 Å². The van der Waals surface area contributed by atoms with E-state index in [9.17, 15) is 4.21 Å². The first-order chi connectivity index (χ1) is 8.70. The summed E-state index contributed by atoms with van der Waals surface area (Å²) in [6.07, 6.45) is 6.01. The maximum atomic E-state index is 12.5. The zero-order valence-electron chi connectivity index (χ0n) is 11.7. The lowest BCUT2D eigenvalue weighted by atomic mass is 9.91. The molecular weight excluding hydrogens is 246 g/mol. The Bertz CT molecular complexity index is 279. The van der Waals surface area contributed by atoms with Gasteiger partial charge in [-0.25, -0.2) is 0 Å². The highest BCUT2D eigenvalue weighted by Crippen LogP contribution is 2.28. The van der Waals surface area contributed by atoms with Crippen LogP contribution in [0, 0.1) is 11.8 Å². The maximum absolute atomic E-state index is 12.5. The fraction of sp³-hybridized carbons (Fsp3) is 1.00. The summed E-state index contributed by atoms with van der Waals surface area (Å²) >= 11 is 0. The van der Waals surface area contributed by atoms with Crippen LogP contribution in [0.25, 0.3) is 0 Å². The molecule has 0 aromatic heterocycles. The second-order valence-electron chi connectivity index (χ2n) is 5.96. The van der Waals surface area contributed by atoms with Crippen LogP contribution in [-0.4, -0.2) is 41.5 Å². The number of nitrogens with one attached hydrogen (secondary N) is 1. The highest BCUT2D eigenvalue weighted by atomic mass is 32.2. The second-order valence-corrected chi connectivity index (χ2v) is 7.72. The molecular formula is C14H27NO2S. The first kappa shape index (κ1) is 14.5. The molecule has 106 valence electrons. The monoisotopic (exact) mass is 273 g/mol. The van der Waals surface area contributed by atoms with Crippen LogP contribution < -0.4 is 5.32 Å². The molecule has 5 unspecified atom stereocenters. The zero-order valence-corrected chi connectivity index (χ0v) is 12.5. The van der Waals surface area contributed by atoms with E-state index in [0.717, 1.165) is 44.1 Å². The predicted octanol–water partition coefficient (Wildman–Crippen LogP) is 1.94. The molecule has 5 atom stereocenters. The third-order valence-corrected chi connectivity index (χ3v) is 6.37. The number of hydrogen-bond donors (Lipinski definition) is 1. The van der Waals surface area contributed by atoms with Gasteiger partial charge in [0, 0.05) is 40.4 Å². The van der Waals surface area contributed by atoms with Crippen molar-refractivity contribution in [2.75, 3.05) is 26.0 Å². The van der Waals surface area contributed by atoms with Gasteiger partial charge in [-0.2, -0.15) is 0 Å². The summed E-state index contributed by atoms with van der Waals surface area (Å²) in [5, 5.41) is 3.79. The van der Waals surface area contributed by atoms with Gasteiger partial charge in [0.1, 0.15) is 0 Å². The van der Waals surface area contributed by atoms with E-state index in [1.165, 1.54) is 12.8 Å². The fourth-order valence-electron chi connectivity index (χ4n) is 3.26. The average Bonchev–Trinajstić information content (AvgIpc) is 2.89. The minimum atomic E-state index is -0.671. The molecule has 2 fully saturated rings. The Morgan fingerprint density at radius 2 is 2.22 bits per heavy atom. The number of hydrogen-bond acceptors (Lipinski definition) is 3. The molecule has 0 aromatic carbocycles. The highest BCUT2D eigenvalue weighted by Gasteiger charge is 2.30. The summed E-state index contributed by atoms with van der Waals surface area (Å²) in [5.41, 5.74) is 0. The van der Waals surface area contributed by atoms with Crippen LogP contribution in [0.3, 0.4) is 0 Å². The van der Waals surface area contributed by atoms with E-state index < -0.39 is 10.8 Å². The van der Waals surface area contributed by atoms with Gasteiger partial charge < -0.3 is 10.1 Å². The van der Waals surface area contributed by atoms with E-state index in [1.807, 2.05) is 7.05 Å². The first-order valence-corrected chi connectivity index (χ1v) is 8.71. The molecule has 0 amide bonds. The summed E-state index contributed by atoms with van der Waals surface area (Å²) in [5.74, 6) is 2.12. The molecule has 3 nitrogen and oxygen atoms in total. The third kappa shape index (κ3) is 3.78. The van der Waals surface area contributed by atoms with E-state index in [0.29, 0.717) is 17.2 Å². The van der Waals surface area contributed by atoms with Crippen molar-refractivity contribution in [1.82, 2.24) is 5.32 Å². The molecule has 1 aliphatic carbocycles. The van der Waals surface area contributed by atoms with E-state index in [2.05, 4.69) is 12.2 Å². The van der Waals surface area contributed by atoms with Crippen LogP contribution in [0.1, 0.15) is 39.0 Å². The van der Waals surface area contributed by atoms with Gasteiger partial charge in [-0.05, 0) is 32.2 Å². The summed E-state index contributed by atoms with van der Waals surface area (Å²) in [4.78, 5) is 0. The van der Waals surface area contributed by atoms with Crippen molar-refractivity contribution in [2.24, 2.45) is 11.8 Å². The number of rotatable bonds is 5. The lowest BCUT2D eigenvalue weighted by Gasteiger charge is -2.29. The Hall–Kier alpha value is 0.0700. The third-order valence-electron chi connectivity index (χ3n) is 4.51. The molecule has 2 rings (SSSR count). The fourth-order valence-corrected chi connectivity index (χ4v) is 5.29. The molecule has 1 saturated carbocycles. The van der Waals surface area contributed by atoms with Crippen LogP contribution in [0.15, 0.2) is 0 Å². The van der Waals surface area contributed by atoms with Crippen LogP contribution in [0.5, 0.6) is 0 Å². The van der Waals surface area contributed by atoms with Gasteiger partial charge in [0.25, 0.3) is 0 Å². The van der Waals surface area contributed by atoms with Crippen molar-refractivity contribution in [3.05, 3.63) is 0 Å². The largest absolute Gasteiger partial charge is 0.381 e. The van der Waals surface area contributed by atoms with Crippen molar-refractivity contribution < 1.29 is 8.95 Å². The van der Waals surface area contributed by atoms with Gasteiger partial charge in [0.2, 0.25) is 0 Å². The summed E-state index contributed by atoms with van der Waals surface area (Å²) in [6.45, 7) is 4.00. The van der Waals surface area contributed by atoms with E-state index in [-0.39, 0.29) is 0 Å². The summed E-state index contributed by atoms with van der Waals surface area (Å²) in [7, 11) is 1.32. The van der Waals surface area contributed by atoms with Crippen LogP contribution >= 0.6 is 0 Å². The van der Waals surface area contributed by atoms with E-state index in [4.69, 9.17) is 4.74 Å². The smallest absolute Gasteiger partial charge is 0.0510 e.